The first-order chi connectivity index (χ1) is 13.3. The Morgan fingerprint density at radius 3 is 2.36 bits per heavy atom. The van der Waals surface area contributed by atoms with E-state index in [0.29, 0.717) is 21.9 Å². The van der Waals surface area contributed by atoms with E-state index < -0.39 is 11.9 Å². The summed E-state index contributed by atoms with van der Waals surface area (Å²) in [5.41, 5.74) is 1.53. The van der Waals surface area contributed by atoms with E-state index in [1.807, 2.05) is 6.92 Å². The first-order valence-electron chi connectivity index (χ1n) is 8.74. The molecule has 0 aliphatic carbocycles. The van der Waals surface area contributed by atoms with Gasteiger partial charge >= 0.3 is 5.97 Å². The molecule has 0 aliphatic heterocycles. The van der Waals surface area contributed by atoms with Crippen LogP contribution in [-0.2, 0) is 4.74 Å². The second-order valence-electron chi connectivity index (χ2n) is 6.56. The highest BCUT2D eigenvalue weighted by atomic mass is 32.1. The van der Waals surface area contributed by atoms with E-state index in [1.165, 1.54) is 23.5 Å². The van der Waals surface area contributed by atoms with Crippen LogP contribution in [0.3, 0.4) is 0 Å². The SMILES string of the molecule is Cc1ccc(C(=O)Nc2sc(C)c(-c3ccc(F)cc3)c2C(=O)OC(C)C)o1. The van der Waals surface area contributed by atoms with Crippen molar-refractivity contribution in [3.8, 4) is 11.1 Å². The number of furan rings is 1. The number of nitrogens with one attached hydrogen (secondary N) is 1. The Hall–Kier alpha value is -2.93. The van der Waals surface area contributed by atoms with Crippen LogP contribution in [0.25, 0.3) is 11.1 Å². The van der Waals surface area contributed by atoms with Crippen molar-refractivity contribution >= 4 is 28.2 Å². The van der Waals surface area contributed by atoms with Gasteiger partial charge in [-0.2, -0.15) is 0 Å². The fourth-order valence-electron chi connectivity index (χ4n) is 2.79. The molecule has 0 unspecified atom stereocenters. The maximum atomic E-state index is 13.3. The molecule has 7 heteroatoms. The topological polar surface area (TPSA) is 68.5 Å². The number of esters is 1. The molecular formula is C21H20FNO4S. The Balaban J connectivity index is 2.06. The lowest BCUT2D eigenvalue weighted by Crippen LogP contribution is -2.16. The molecular weight excluding hydrogens is 381 g/mol. The molecule has 0 saturated heterocycles. The maximum Gasteiger partial charge on any atom is 0.342 e. The number of benzene rings is 1. The summed E-state index contributed by atoms with van der Waals surface area (Å²) in [5, 5.41) is 3.11. The Morgan fingerprint density at radius 1 is 1.11 bits per heavy atom. The van der Waals surface area contributed by atoms with Crippen LogP contribution in [0.5, 0.6) is 0 Å². The van der Waals surface area contributed by atoms with Crippen LogP contribution in [0.4, 0.5) is 9.39 Å². The van der Waals surface area contributed by atoms with E-state index in [-0.39, 0.29) is 23.2 Å². The zero-order valence-corrected chi connectivity index (χ0v) is 16.8. The fraction of sp³-hybridized carbons (Fsp3) is 0.238. The van der Waals surface area contributed by atoms with Gasteiger partial charge in [0.15, 0.2) is 5.76 Å². The van der Waals surface area contributed by atoms with E-state index in [4.69, 9.17) is 9.15 Å². The van der Waals surface area contributed by atoms with Crippen LogP contribution in [0.15, 0.2) is 40.8 Å². The van der Waals surface area contributed by atoms with E-state index in [9.17, 15) is 14.0 Å². The standard InChI is InChI=1S/C21H20FNO4S/c1-11(2)26-21(25)18-17(14-6-8-15(22)9-7-14)13(4)28-20(18)23-19(24)16-10-5-12(3)27-16/h5-11H,1-4H3,(H,23,24). The van der Waals surface area contributed by atoms with Gasteiger partial charge in [0.05, 0.1) is 6.10 Å². The van der Waals surface area contributed by atoms with Gasteiger partial charge in [0.25, 0.3) is 5.91 Å². The van der Waals surface area contributed by atoms with Gasteiger partial charge in [-0.1, -0.05) is 12.1 Å². The van der Waals surface area contributed by atoms with Crippen LogP contribution in [0, 0.1) is 19.7 Å². The smallest absolute Gasteiger partial charge is 0.342 e. The number of carbonyl (C=O) groups is 2. The van der Waals surface area contributed by atoms with Gasteiger partial charge in [0, 0.05) is 10.4 Å². The molecule has 146 valence electrons. The van der Waals surface area contributed by atoms with Gasteiger partial charge in [-0.3, -0.25) is 4.79 Å². The highest BCUT2D eigenvalue weighted by molar-refractivity contribution is 7.17. The lowest BCUT2D eigenvalue weighted by atomic mass is 10.0. The van der Waals surface area contributed by atoms with E-state index in [2.05, 4.69) is 5.32 Å². The summed E-state index contributed by atoms with van der Waals surface area (Å²) in [6.07, 6.45) is -0.329. The average Bonchev–Trinajstić information content (AvgIpc) is 3.18. The van der Waals surface area contributed by atoms with Crippen molar-refractivity contribution in [2.45, 2.75) is 33.8 Å². The molecule has 1 aromatic carbocycles. The number of aryl methyl sites for hydroxylation is 2. The van der Waals surface area contributed by atoms with Crippen molar-refractivity contribution < 1.29 is 23.1 Å². The lowest BCUT2D eigenvalue weighted by Gasteiger charge is -2.11. The minimum absolute atomic E-state index is 0.148. The molecule has 0 saturated carbocycles. The Kier molecular flexibility index (Phi) is 5.65. The molecule has 1 amide bonds. The number of amides is 1. The number of hydrogen-bond donors (Lipinski definition) is 1. The van der Waals surface area contributed by atoms with Crippen LogP contribution >= 0.6 is 11.3 Å². The lowest BCUT2D eigenvalue weighted by molar-refractivity contribution is 0.0380. The normalized spacial score (nSPS) is 10.9. The van der Waals surface area contributed by atoms with Crippen molar-refractivity contribution in [3.63, 3.8) is 0 Å². The van der Waals surface area contributed by atoms with Crippen LogP contribution in [0.2, 0.25) is 0 Å². The number of anilines is 1. The highest BCUT2D eigenvalue weighted by Crippen LogP contribution is 2.40. The summed E-state index contributed by atoms with van der Waals surface area (Å²) >= 11 is 1.26. The Bertz CT molecular complexity index is 1020. The quantitative estimate of drug-likeness (QED) is 0.567. The van der Waals surface area contributed by atoms with Crippen molar-refractivity contribution in [2.75, 3.05) is 5.32 Å². The summed E-state index contributed by atoms with van der Waals surface area (Å²) in [4.78, 5) is 26.1. The highest BCUT2D eigenvalue weighted by Gasteiger charge is 2.27. The van der Waals surface area contributed by atoms with Crippen LogP contribution < -0.4 is 5.32 Å². The molecule has 28 heavy (non-hydrogen) atoms. The van der Waals surface area contributed by atoms with Gasteiger partial charge in [-0.25, -0.2) is 9.18 Å². The average molecular weight is 401 g/mol. The van der Waals surface area contributed by atoms with Gasteiger partial charge in [-0.05, 0) is 57.5 Å². The van der Waals surface area contributed by atoms with Crippen LogP contribution in [0.1, 0.15) is 45.4 Å². The maximum absolute atomic E-state index is 13.3. The Morgan fingerprint density at radius 2 is 1.79 bits per heavy atom. The zero-order valence-electron chi connectivity index (χ0n) is 16.0. The molecule has 2 aromatic heterocycles. The molecule has 1 N–H and O–H groups in total. The molecule has 3 rings (SSSR count). The number of carbonyl (C=O) groups excluding carboxylic acids is 2. The number of thiophene rings is 1. The van der Waals surface area contributed by atoms with Gasteiger partial charge in [0.1, 0.15) is 22.1 Å². The molecule has 3 aromatic rings. The summed E-state index contributed by atoms with van der Waals surface area (Å²) in [6.45, 7) is 7.07. The first-order valence-corrected chi connectivity index (χ1v) is 9.56. The Labute approximate surface area is 166 Å². The molecule has 0 spiro atoms. The van der Waals surface area contributed by atoms with Crippen molar-refractivity contribution in [1.82, 2.24) is 0 Å². The summed E-state index contributed by atoms with van der Waals surface area (Å²) in [6, 6.07) is 9.10. The molecule has 0 radical (unpaired) electrons. The number of halogens is 1. The predicted octanol–water partition coefficient (Wildman–Crippen LogP) is 5.58. The van der Waals surface area contributed by atoms with E-state index in [1.54, 1.807) is 45.0 Å². The van der Waals surface area contributed by atoms with Crippen molar-refractivity contribution in [1.29, 1.82) is 0 Å². The van der Waals surface area contributed by atoms with Gasteiger partial charge in [-0.15, -0.1) is 11.3 Å². The third-order valence-corrected chi connectivity index (χ3v) is 4.98. The number of ether oxygens (including phenoxy) is 1. The molecule has 5 nitrogen and oxygen atoms in total. The third-order valence-electron chi connectivity index (χ3n) is 3.96. The largest absolute Gasteiger partial charge is 0.459 e. The minimum atomic E-state index is -0.551. The number of rotatable bonds is 5. The van der Waals surface area contributed by atoms with E-state index in [0.717, 1.165) is 4.88 Å². The van der Waals surface area contributed by atoms with Crippen LogP contribution in [-0.4, -0.2) is 18.0 Å². The van der Waals surface area contributed by atoms with Crippen molar-refractivity contribution in [2.24, 2.45) is 0 Å². The van der Waals surface area contributed by atoms with E-state index >= 15 is 0 Å². The zero-order chi connectivity index (χ0) is 20.4. The molecule has 0 fully saturated rings. The molecule has 0 bridgehead atoms. The minimum Gasteiger partial charge on any atom is -0.459 e. The van der Waals surface area contributed by atoms with Crippen molar-refractivity contribution in [3.05, 3.63) is 64.2 Å². The third kappa shape index (κ3) is 4.14. The molecule has 2 heterocycles. The predicted molar refractivity (Wildman–Crippen MR) is 106 cm³/mol. The summed E-state index contributed by atoms with van der Waals surface area (Å²) in [7, 11) is 0. The summed E-state index contributed by atoms with van der Waals surface area (Å²) in [5.74, 6) is -0.623. The second-order valence-corrected chi connectivity index (χ2v) is 7.79. The van der Waals surface area contributed by atoms with Gasteiger partial charge < -0.3 is 14.5 Å². The fourth-order valence-corrected chi connectivity index (χ4v) is 3.85. The number of hydrogen-bond acceptors (Lipinski definition) is 5. The first kappa shape index (κ1) is 19.8. The molecule has 0 aliphatic rings. The summed E-state index contributed by atoms with van der Waals surface area (Å²) < 4.78 is 24.1. The van der Waals surface area contributed by atoms with Gasteiger partial charge in [0.2, 0.25) is 0 Å². The monoisotopic (exact) mass is 401 g/mol. The molecule has 0 atom stereocenters. The second kappa shape index (κ2) is 7.98.